The number of aromatic nitrogens is 3. The second kappa shape index (κ2) is 8.13. The summed E-state index contributed by atoms with van der Waals surface area (Å²) in [6.07, 6.45) is 3.35. The van der Waals surface area contributed by atoms with Crippen LogP contribution in [0.3, 0.4) is 0 Å². The van der Waals surface area contributed by atoms with E-state index in [1.54, 1.807) is 48.8 Å². The minimum absolute atomic E-state index is 0.0319. The second-order valence-electron chi connectivity index (χ2n) is 7.26. The third-order valence-corrected chi connectivity index (χ3v) is 6.44. The Morgan fingerprint density at radius 1 is 0.935 bits per heavy atom. The lowest BCUT2D eigenvalue weighted by Crippen LogP contribution is -2.27. The van der Waals surface area contributed by atoms with Crippen LogP contribution in [0.1, 0.15) is 19.4 Å². The highest BCUT2D eigenvalue weighted by atomic mass is 35.5. The van der Waals surface area contributed by atoms with Gasteiger partial charge >= 0.3 is 0 Å². The molecule has 0 aliphatic heterocycles. The normalized spacial score (nSPS) is 12.0. The van der Waals surface area contributed by atoms with Crippen molar-refractivity contribution < 1.29 is 13.2 Å². The first kappa shape index (κ1) is 21.0. The lowest BCUT2D eigenvalue weighted by atomic mass is 10.0. The lowest BCUT2D eigenvalue weighted by Gasteiger charge is -2.27. The molecule has 2 aromatic heterocycles. The summed E-state index contributed by atoms with van der Waals surface area (Å²) < 4.78 is 34.7. The quantitative estimate of drug-likeness (QED) is 0.450. The molecule has 0 amide bonds. The molecular weight excluding hydrogens is 436 g/mol. The van der Waals surface area contributed by atoms with Gasteiger partial charge in [-0.25, -0.2) is 18.4 Å². The maximum atomic E-state index is 13.0. The zero-order valence-electron chi connectivity index (χ0n) is 16.8. The van der Waals surface area contributed by atoms with Crippen molar-refractivity contribution in [3.63, 3.8) is 0 Å². The standard InChI is InChI=1S/C22H19ClN4O3S/c1-22(2,15-8-7-13-24-14-15)30-21-20(25-17-10-4-5-11-18(17)26-21)27-31(28,29)19-12-6-3-9-16(19)23/h3-14H,1-2H3,(H,25,27). The SMILES string of the molecule is CC(C)(Oc1nc2ccccc2nc1NS(=O)(=O)c1ccccc1Cl)c1cccnc1. The lowest BCUT2D eigenvalue weighted by molar-refractivity contribution is 0.103. The molecule has 0 aliphatic carbocycles. The predicted molar refractivity (Wildman–Crippen MR) is 120 cm³/mol. The molecule has 2 heterocycles. The Labute approximate surface area is 185 Å². The van der Waals surface area contributed by atoms with E-state index in [9.17, 15) is 8.42 Å². The van der Waals surface area contributed by atoms with Crippen molar-refractivity contribution >= 4 is 38.5 Å². The van der Waals surface area contributed by atoms with Crippen molar-refractivity contribution in [3.8, 4) is 5.88 Å². The zero-order chi connectivity index (χ0) is 22.1. The molecule has 0 spiro atoms. The summed E-state index contributed by atoms with van der Waals surface area (Å²) in [6, 6.07) is 17.0. The van der Waals surface area contributed by atoms with Gasteiger partial charge in [0.1, 0.15) is 10.5 Å². The van der Waals surface area contributed by atoms with Gasteiger partial charge in [0.15, 0.2) is 0 Å². The smallest absolute Gasteiger partial charge is 0.264 e. The van der Waals surface area contributed by atoms with Gasteiger partial charge in [-0.3, -0.25) is 9.71 Å². The highest BCUT2D eigenvalue weighted by molar-refractivity contribution is 7.92. The maximum absolute atomic E-state index is 13.0. The molecule has 7 nitrogen and oxygen atoms in total. The Balaban J connectivity index is 1.80. The molecule has 158 valence electrons. The minimum Gasteiger partial charge on any atom is -0.464 e. The van der Waals surface area contributed by atoms with E-state index in [0.717, 1.165) is 5.56 Å². The number of sulfonamides is 1. The topological polar surface area (TPSA) is 94.1 Å². The molecule has 0 saturated heterocycles. The highest BCUT2D eigenvalue weighted by Gasteiger charge is 2.28. The highest BCUT2D eigenvalue weighted by Crippen LogP contribution is 2.33. The van der Waals surface area contributed by atoms with E-state index in [0.29, 0.717) is 11.0 Å². The first-order valence-electron chi connectivity index (χ1n) is 9.40. The minimum atomic E-state index is -4.03. The van der Waals surface area contributed by atoms with Crippen molar-refractivity contribution in [3.05, 3.63) is 83.6 Å². The fourth-order valence-electron chi connectivity index (χ4n) is 2.99. The predicted octanol–water partition coefficient (Wildman–Crippen LogP) is 4.79. The summed E-state index contributed by atoms with van der Waals surface area (Å²) in [5, 5.41) is 0.0990. The fraction of sp³-hybridized carbons (Fsp3) is 0.136. The molecule has 0 bridgehead atoms. The third-order valence-electron chi connectivity index (χ3n) is 4.60. The maximum Gasteiger partial charge on any atom is 0.264 e. The van der Waals surface area contributed by atoms with E-state index in [1.165, 1.54) is 12.1 Å². The van der Waals surface area contributed by atoms with Crippen molar-refractivity contribution in [1.82, 2.24) is 15.0 Å². The summed E-state index contributed by atoms with van der Waals surface area (Å²) >= 11 is 6.10. The van der Waals surface area contributed by atoms with Gasteiger partial charge in [-0.2, -0.15) is 0 Å². The molecule has 0 saturated carbocycles. The van der Waals surface area contributed by atoms with Crippen LogP contribution in [0.25, 0.3) is 11.0 Å². The molecule has 4 aromatic rings. The van der Waals surface area contributed by atoms with Gasteiger partial charge in [-0.05, 0) is 44.2 Å². The third kappa shape index (κ3) is 4.45. The monoisotopic (exact) mass is 454 g/mol. The molecule has 2 aromatic carbocycles. The second-order valence-corrected chi connectivity index (χ2v) is 9.31. The first-order chi connectivity index (χ1) is 14.8. The largest absolute Gasteiger partial charge is 0.464 e. The Morgan fingerprint density at radius 2 is 1.61 bits per heavy atom. The van der Waals surface area contributed by atoms with Crippen molar-refractivity contribution in [2.45, 2.75) is 24.3 Å². The van der Waals surface area contributed by atoms with Crippen molar-refractivity contribution in [2.75, 3.05) is 4.72 Å². The number of ether oxygens (including phenoxy) is 1. The number of hydrogen-bond donors (Lipinski definition) is 1. The van der Waals surface area contributed by atoms with Crippen LogP contribution in [0.2, 0.25) is 5.02 Å². The van der Waals surface area contributed by atoms with E-state index in [4.69, 9.17) is 16.3 Å². The Bertz CT molecular complexity index is 1350. The fourth-order valence-corrected chi connectivity index (χ4v) is 4.51. The molecular formula is C22H19ClN4O3S. The number of benzene rings is 2. The number of rotatable bonds is 6. The average Bonchev–Trinajstić information content (AvgIpc) is 2.74. The summed E-state index contributed by atoms with van der Waals surface area (Å²) in [6.45, 7) is 3.68. The summed E-state index contributed by atoms with van der Waals surface area (Å²) in [5.41, 5.74) is 1.03. The molecule has 9 heteroatoms. The first-order valence-corrected chi connectivity index (χ1v) is 11.3. The number of nitrogens with zero attached hydrogens (tertiary/aromatic N) is 3. The van der Waals surface area contributed by atoms with Crippen LogP contribution >= 0.6 is 11.6 Å². The Kier molecular flexibility index (Phi) is 5.51. The number of halogens is 1. The molecule has 1 N–H and O–H groups in total. The summed E-state index contributed by atoms with van der Waals surface area (Å²) in [4.78, 5) is 13.0. The number of anilines is 1. The number of pyridine rings is 1. The van der Waals surface area contributed by atoms with Gasteiger partial charge in [0.2, 0.25) is 5.82 Å². The number of fused-ring (bicyclic) bond motifs is 1. The Morgan fingerprint density at radius 3 is 2.29 bits per heavy atom. The summed E-state index contributed by atoms with van der Waals surface area (Å²) in [5.74, 6) is 0.0127. The van der Waals surface area contributed by atoms with E-state index in [2.05, 4.69) is 19.7 Å². The van der Waals surface area contributed by atoms with Crippen LogP contribution < -0.4 is 9.46 Å². The zero-order valence-corrected chi connectivity index (χ0v) is 18.4. The molecule has 0 unspecified atom stereocenters. The molecule has 0 aliphatic rings. The van der Waals surface area contributed by atoms with Crippen LogP contribution in [-0.2, 0) is 15.6 Å². The molecule has 0 radical (unpaired) electrons. The molecule has 0 fully saturated rings. The van der Waals surface area contributed by atoms with E-state index in [-0.39, 0.29) is 21.6 Å². The molecule has 4 rings (SSSR count). The summed E-state index contributed by atoms with van der Waals surface area (Å²) in [7, 11) is -4.03. The van der Waals surface area contributed by atoms with Crippen LogP contribution in [0.5, 0.6) is 5.88 Å². The van der Waals surface area contributed by atoms with Crippen molar-refractivity contribution in [1.29, 1.82) is 0 Å². The Hall–Kier alpha value is -3.23. The number of para-hydroxylation sites is 2. The van der Waals surface area contributed by atoms with E-state index >= 15 is 0 Å². The van der Waals surface area contributed by atoms with Crippen LogP contribution in [0, 0.1) is 0 Å². The average molecular weight is 455 g/mol. The number of nitrogens with one attached hydrogen (secondary N) is 1. The van der Waals surface area contributed by atoms with Crippen LogP contribution in [0.4, 0.5) is 5.82 Å². The molecule has 0 atom stereocenters. The van der Waals surface area contributed by atoms with E-state index < -0.39 is 15.6 Å². The van der Waals surface area contributed by atoms with Crippen molar-refractivity contribution in [2.24, 2.45) is 0 Å². The van der Waals surface area contributed by atoms with Crippen LogP contribution in [0.15, 0.2) is 78.0 Å². The van der Waals surface area contributed by atoms with Gasteiger partial charge in [0.05, 0.1) is 16.1 Å². The van der Waals surface area contributed by atoms with Gasteiger partial charge in [0, 0.05) is 18.0 Å². The molecule has 31 heavy (non-hydrogen) atoms. The van der Waals surface area contributed by atoms with E-state index in [1.807, 2.05) is 26.0 Å². The van der Waals surface area contributed by atoms with Crippen LogP contribution in [-0.4, -0.2) is 23.4 Å². The number of hydrogen-bond acceptors (Lipinski definition) is 6. The van der Waals surface area contributed by atoms with Gasteiger partial charge in [-0.1, -0.05) is 41.9 Å². The van der Waals surface area contributed by atoms with Gasteiger partial charge in [0.25, 0.3) is 15.9 Å². The van der Waals surface area contributed by atoms with Gasteiger partial charge < -0.3 is 4.74 Å². The van der Waals surface area contributed by atoms with Gasteiger partial charge in [-0.15, -0.1) is 0 Å².